The van der Waals surface area contributed by atoms with E-state index in [0.717, 1.165) is 34.8 Å². The molecule has 4 nitrogen and oxygen atoms in total. The zero-order chi connectivity index (χ0) is 16.7. The minimum Gasteiger partial charge on any atom is -0.383 e. The van der Waals surface area contributed by atoms with E-state index in [1.165, 1.54) is 4.88 Å². The number of rotatable bonds is 7. The maximum Gasteiger partial charge on any atom is 0.191 e. The highest BCUT2D eigenvalue weighted by atomic mass is 127. The van der Waals surface area contributed by atoms with Crippen molar-refractivity contribution in [2.45, 2.75) is 25.9 Å². The molecule has 134 valence electrons. The van der Waals surface area contributed by atoms with Crippen molar-refractivity contribution in [2.24, 2.45) is 4.99 Å². The number of hydrogen-bond acceptors (Lipinski definition) is 4. The monoisotopic (exact) mass is 543 g/mol. The Morgan fingerprint density at radius 3 is 2.71 bits per heavy atom. The summed E-state index contributed by atoms with van der Waals surface area (Å²) in [6, 6.07) is 6.13. The molecule has 0 saturated carbocycles. The van der Waals surface area contributed by atoms with E-state index in [0.29, 0.717) is 6.54 Å². The van der Waals surface area contributed by atoms with Gasteiger partial charge in [0.1, 0.15) is 5.60 Å². The third kappa shape index (κ3) is 6.99. The molecule has 0 bridgehead atoms. The van der Waals surface area contributed by atoms with E-state index in [2.05, 4.69) is 43.7 Å². The molecule has 3 N–H and O–H groups in total. The molecule has 1 atom stereocenters. The van der Waals surface area contributed by atoms with Gasteiger partial charge in [0.25, 0.3) is 0 Å². The summed E-state index contributed by atoms with van der Waals surface area (Å²) in [5, 5.41) is 21.0. The number of hydrogen-bond donors (Lipinski definition) is 3. The van der Waals surface area contributed by atoms with Crippen LogP contribution in [-0.4, -0.2) is 30.7 Å². The molecule has 2 aromatic heterocycles. The summed E-state index contributed by atoms with van der Waals surface area (Å²) in [6.45, 7) is 5.75. The molecular weight excluding hydrogens is 521 g/mol. The molecule has 0 radical (unpaired) electrons. The molecule has 1 unspecified atom stereocenters. The Balaban J connectivity index is 0.00000288. The van der Waals surface area contributed by atoms with Crippen molar-refractivity contribution in [2.75, 3.05) is 19.6 Å². The van der Waals surface area contributed by atoms with E-state index < -0.39 is 5.60 Å². The normalized spacial score (nSPS) is 13.9. The Kier molecular flexibility index (Phi) is 9.80. The fourth-order valence-corrected chi connectivity index (χ4v) is 4.29. The molecule has 2 heterocycles. The van der Waals surface area contributed by atoms with E-state index >= 15 is 0 Å². The standard InChI is InChI=1S/C16H22BrN3OS2.HI/c1-3-18-15(19-8-6-13-4-5-14(17)23-13)20-11-16(2,21)12-7-9-22-10-12;/h4-5,7,9-10,21H,3,6,8,11H2,1-2H3,(H2,18,19,20);1H. The van der Waals surface area contributed by atoms with E-state index in [1.807, 2.05) is 23.8 Å². The fourth-order valence-electron chi connectivity index (χ4n) is 2.03. The van der Waals surface area contributed by atoms with Gasteiger partial charge in [0.05, 0.1) is 10.3 Å². The summed E-state index contributed by atoms with van der Waals surface area (Å²) in [7, 11) is 0. The Morgan fingerprint density at radius 2 is 2.12 bits per heavy atom. The van der Waals surface area contributed by atoms with E-state index in [9.17, 15) is 5.11 Å². The van der Waals surface area contributed by atoms with Crippen molar-refractivity contribution in [3.63, 3.8) is 0 Å². The lowest BCUT2D eigenvalue weighted by atomic mass is 10.00. The van der Waals surface area contributed by atoms with Crippen molar-refractivity contribution in [1.82, 2.24) is 10.6 Å². The van der Waals surface area contributed by atoms with Crippen LogP contribution in [0, 0.1) is 0 Å². The van der Waals surface area contributed by atoms with Crippen LogP contribution in [0.25, 0.3) is 0 Å². The van der Waals surface area contributed by atoms with Crippen molar-refractivity contribution < 1.29 is 5.11 Å². The molecular formula is C16H23BrIN3OS2. The predicted molar refractivity (Wildman–Crippen MR) is 119 cm³/mol. The van der Waals surface area contributed by atoms with Gasteiger partial charge in [-0.3, -0.25) is 0 Å². The molecule has 0 aliphatic carbocycles. The molecule has 0 aliphatic rings. The molecule has 2 aromatic rings. The molecule has 0 saturated heterocycles. The highest BCUT2D eigenvalue weighted by molar-refractivity contribution is 14.0. The zero-order valence-corrected chi connectivity index (χ0v) is 19.3. The minimum absolute atomic E-state index is 0. The SMILES string of the molecule is CCNC(=NCC(C)(O)c1ccsc1)NCCc1ccc(Br)s1.I. The Hall–Kier alpha value is -0.160. The van der Waals surface area contributed by atoms with Crippen LogP contribution in [0.4, 0.5) is 0 Å². The molecule has 0 fully saturated rings. The minimum atomic E-state index is -0.943. The van der Waals surface area contributed by atoms with Crippen molar-refractivity contribution in [3.05, 3.63) is 43.2 Å². The highest BCUT2D eigenvalue weighted by Gasteiger charge is 2.23. The molecule has 24 heavy (non-hydrogen) atoms. The zero-order valence-electron chi connectivity index (χ0n) is 13.7. The van der Waals surface area contributed by atoms with Crippen LogP contribution in [0.15, 0.2) is 37.7 Å². The first kappa shape index (κ1) is 21.9. The largest absolute Gasteiger partial charge is 0.383 e. The van der Waals surface area contributed by atoms with Crippen molar-refractivity contribution in [3.8, 4) is 0 Å². The Bertz CT molecular complexity index is 629. The number of nitrogens with zero attached hydrogens (tertiary/aromatic N) is 1. The van der Waals surface area contributed by atoms with Crippen LogP contribution in [0.3, 0.4) is 0 Å². The van der Waals surface area contributed by atoms with Gasteiger partial charge in [-0.1, -0.05) is 0 Å². The first-order valence-corrected chi connectivity index (χ1v) is 10.1. The summed E-state index contributed by atoms with van der Waals surface area (Å²) in [5.74, 6) is 0.735. The Labute approximate surface area is 176 Å². The Morgan fingerprint density at radius 1 is 1.33 bits per heavy atom. The van der Waals surface area contributed by atoms with Crippen molar-refractivity contribution in [1.29, 1.82) is 0 Å². The number of aliphatic hydroxyl groups is 1. The number of nitrogens with one attached hydrogen (secondary N) is 2. The van der Waals surface area contributed by atoms with Crippen LogP contribution in [0.2, 0.25) is 0 Å². The van der Waals surface area contributed by atoms with Gasteiger partial charge in [-0.05, 0) is 70.7 Å². The third-order valence-corrected chi connectivity index (χ3v) is 5.69. The lowest BCUT2D eigenvalue weighted by Gasteiger charge is -2.21. The summed E-state index contributed by atoms with van der Waals surface area (Å²) >= 11 is 6.81. The van der Waals surface area contributed by atoms with Crippen LogP contribution >= 0.6 is 62.6 Å². The summed E-state index contributed by atoms with van der Waals surface area (Å²) in [4.78, 5) is 5.85. The average Bonchev–Trinajstić information content (AvgIpc) is 3.17. The van der Waals surface area contributed by atoms with Gasteiger partial charge in [0.15, 0.2) is 5.96 Å². The third-order valence-electron chi connectivity index (χ3n) is 3.33. The van der Waals surface area contributed by atoms with Gasteiger partial charge in [-0.25, -0.2) is 4.99 Å². The van der Waals surface area contributed by atoms with Crippen LogP contribution < -0.4 is 10.6 Å². The number of thiophene rings is 2. The molecule has 0 aliphatic heterocycles. The molecule has 0 amide bonds. The predicted octanol–water partition coefficient (Wildman–Crippen LogP) is 4.20. The quantitative estimate of drug-likeness (QED) is 0.279. The van der Waals surface area contributed by atoms with Gasteiger partial charge in [0, 0.05) is 18.0 Å². The second-order valence-electron chi connectivity index (χ2n) is 5.36. The van der Waals surface area contributed by atoms with E-state index in [-0.39, 0.29) is 24.0 Å². The summed E-state index contributed by atoms with van der Waals surface area (Å²) in [6.07, 6.45) is 0.946. The van der Waals surface area contributed by atoms with Gasteiger partial charge in [-0.2, -0.15) is 11.3 Å². The number of aliphatic imine (C=N–C) groups is 1. The van der Waals surface area contributed by atoms with Gasteiger partial charge < -0.3 is 15.7 Å². The summed E-state index contributed by atoms with van der Waals surface area (Å²) < 4.78 is 1.15. The smallest absolute Gasteiger partial charge is 0.191 e. The van der Waals surface area contributed by atoms with E-state index in [1.54, 1.807) is 29.6 Å². The lowest BCUT2D eigenvalue weighted by Crippen LogP contribution is -2.39. The van der Waals surface area contributed by atoms with Crippen LogP contribution in [-0.2, 0) is 12.0 Å². The van der Waals surface area contributed by atoms with Gasteiger partial charge in [0.2, 0.25) is 0 Å². The maximum atomic E-state index is 10.5. The highest BCUT2D eigenvalue weighted by Crippen LogP contribution is 2.23. The molecule has 8 heteroatoms. The van der Waals surface area contributed by atoms with Crippen LogP contribution in [0.1, 0.15) is 24.3 Å². The first-order chi connectivity index (χ1) is 11.0. The maximum absolute atomic E-state index is 10.5. The van der Waals surface area contributed by atoms with Gasteiger partial charge >= 0.3 is 0 Å². The topological polar surface area (TPSA) is 56.7 Å². The molecule has 0 aromatic carbocycles. The fraction of sp³-hybridized carbons (Fsp3) is 0.438. The second kappa shape index (κ2) is 10.7. The first-order valence-electron chi connectivity index (χ1n) is 7.52. The number of guanidine groups is 1. The van der Waals surface area contributed by atoms with Crippen molar-refractivity contribution >= 4 is 68.5 Å². The summed E-state index contributed by atoms with van der Waals surface area (Å²) in [5.41, 5.74) is -0.0356. The van der Waals surface area contributed by atoms with Gasteiger partial charge in [-0.15, -0.1) is 35.3 Å². The average molecular weight is 544 g/mol. The molecule has 0 spiro atoms. The number of halogens is 2. The van der Waals surface area contributed by atoms with E-state index in [4.69, 9.17) is 0 Å². The molecule has 2 rings (SSSR count). The lowest BCUT2D eigenvalue weighted by molar-refractivity contribution is 0.0677. The van der Waals surface area contributed by atoms with Crippen LogP contribution in [0.5, 0.6) is 0 Å². The second-order valence-corrected chi connectivity index (χ2v) is 8.69.